The van der Waals surface area contributed by atoms with E-state index in [0.717, 1.165) is 63.4 Å². The number of nitrogens with one attached hydrogen (secondary N) is 3. The van der Waals surface area contributed by atoms with Gasteiger partial charge in [0, 0.05) is 81.3 Å². The van der Waals surface area contributed by atoms with Crippen LogP contribution in [0, 0.1) is 17.3 Å². The maximum atomic E-state index is 14.7. The van der Waals surface area contributed by atoms with Gasteiger partial charge in [-0.25, -0.2) is 5.01 Å². The Morgan fingerprint density at radius 3 is 2.51 bits per heavy atom. The molecule has 2 aromatic carbocycles. The first-order chi connectivity index (χ1) is 33.8. The fourth-order valence-corrected chi connectivity index (χ4v) is 10.8. The zero-order valence-electron chi connectivity index (χ0n) is 42.9. The zero-order valence-corrected chi connectivity index (χ0v) is 42.9. The van der Waals surface area contributed by atoms with Crippen LogP contribution in [0.1, 0.15) is 110 Å². The molecule has 2 aromatic heterocycles. The van der Waals surface area contributed by atoms with E-state index in [1.165, 1.54) is 16.6 Å². The largest absolute Gasteiger partial charge is 0.508 e. The Kier molecular flexibility index (Phi) is 16.6. The SMILES string of the molecule is CCn1c(-c2cccnc2[C@H](C)OC)c2c3cc(ccc31)-c1cc(O)cc(c1)C[C@H](NC(=O)C(C(C)C)N(C)C(=O)[C@H]1CCN(C(=O)[C@]3(C)CCCN3)C1)C(=O)N(NF)CCCCC(=O)OCC(C)(C)C2. The number of cyclic esters (lactones) is 1. The summed E-state index contributed by atoms with van der Waals surface area (Å²) < 4.78 is 28.7. The molecule has 0 spiro atoms. The van der Waals surface area contributed by atoms with Crippen LogP contribution in [0.15, 0.2) is 54.7 Å². The highest BCUT2D eigenvalue weighted by molar-refractivity contribution is 5.96. The van der Waals surface area contributed by atoms with Gasteiger partial charge in [-0.05, 0) is 130 Å². The quantitative estimate of drug-likeness (QED) is 0.0913. The normalized spacial score (nSPS) is 22.1. The summed E-state index contributed by atoms with van der Waals surface area (Å²) in [5.41, 5.74) is 6.90. The van der Waals surface area contributed by atoms with E-state index in [1.807, 2.05) is 32.0 Å². The van der Waals surface area contributed by atoms with E-state index < -0.39 is 52.7 Å². The average Bonchev–Trinajstić information content (AvgIpc) is 4.10. The summed E-state index contributed by atoms with van der Waals surface area (Å²) in [6.45, 7) is 15.7. The number of aryl methyl sites for hydroxylation is 1. The Balaban J connectivity index is 1.25. The number of likely N-dealkylation sites (N-methyl/N-ethyl adjacent to an activating group) is 1. The summed E-state index contributed by atoms with van der Waals surface area (Å²) in [6.07, 6.45) is 4.45. The number of phenolic OH excluding ortho intramolecular Hbond substituents is 1. The number of nitrogens with zero attached hydrogens (tertiary/aromatic N) is 5. The number of benzene rings is 2. The molecule has 1 unspecified atom stereocenters. The summed E-state index contributed by atoms with van der Waals surface area (Å²) in [5, 5.41) is 19.3. The number of pyridine rings is 1. The second-order valence-electron chi connectivity index (χ2n) is 21.0. The lowest BCUT2D eigenvalue weighted by Crippen LogP contribution is -2.58. The minimum atomic E-state index is -1.36. The summed E-state index contributed by atoms with van der Waals surface area (Å²) in [7, 11) is 3.22. The molecule has 4 N–H and O–H groups in total. The number of likely N-dealkylation sites (tertiary alicyclic amines) is 1. The number of hydrogen-bond donors (Lipinski definition) is 4. The van der Waals surface area contributed by atoms with Gasteiger partial charge in [-0.2, -0.15) is 0 Å². The van der Waals surface area contributed by atoms with Crippen LogP contribution in [0.25, 0.3) is 33.3 Å². The fraction of sp³-hybridized carbons (Fsp3) is 0.556. The van der Waals surface area contributed by atoms with E-state index in [9.17, 15) is 33.6 Å². The van der Waals surface area contributed by atoms with Gasteiger partial charge >= 0.3 is 5.97 Å². The van der Waals surface area contributed by atoms with Crippen molar-refractivity contribution < 1.29 is 43.0 Å². The number of ether oxygens (including phenoxy) is 2. The van der Waals surface area contributed by atoms with Gasteiger partial charge in [-0.1, -0.05) is 45.5 Å². The van der Waals surface area contributed by atoms with Gasteiger partial charge < -0.3 is 39.6 Å². The second kappa shape index (κ2) is 22.2. The zero-order chi connectivity index (χ0) is 51.4. The first-order valence-electron chi connectivity index (χ1n) is 25.2. The van der Waals surface area contributed by atoms with Crippen LogP contribution in [-0.4, -0.2) is 124 Å². The van der Waals surface area contributed by atoms with E-state index in [0.29, 0.717) is 43.5 Å². The number of carbonyl (C=O) groups excluding carboxylic acids is 5. The van der Waals surface area contributed by atoms with Crippen molar-refractivity contribution in [1.82, 2.24) is 40.6 Å². The van der Waals surface area contributed by atoms with E-state index >= 15 is 0 Å². The van der Waals surface area contributed by atoms with Crippen LogP contribution in [0.5, 0.6) is 5.75 Å². The van der Waals surface area contributed by atoms with Crippen molar-refractivity contribution in [2.75, 3.05) is 46.9 Å². The van der Waals surface area contributed by atoms with Crippen molar-refractivity contribution >= 4 is 40.5 Å². The van der Waals surface area contributed by atoms with Crippen molar-refractivity contribution in [3.05, 3.63) is 71.5 Å². The topological polar surface area (TPSA) is 188 Å². The number of amides is 4. The number of hydrogen-bond acceptors (Lipinski definition) is 11. The van der Waals surface area contributed by atoms with Crippen molar-refractivity contribution in [3.63, 3.8) is 0 Å². The van der Waals surface area contributed by atoms with Gasteiger partial charge in [0.2, 0.25) is 17.7 Å². The van der Waals surface area contributed by atoms with E-state index in [-0.39, 0.29) is 62.6 Å². The number of aromatic nitrogens is 2. The van der Waals surface area contributed by atoms with Gasteiger partial charge in [-0.3, -0.25) is 29.0 Å². The molecule has 3 aliphatic heterocycles. The fourth-order valence-electron chi connectivity index (χ4n) is 10.8. The number of esters is 1. The minimum absolute atomic E-state index is 0.0332. The number of halogens is 1. The van der Waals surface area contributed by atoms with Crippen LogP contribution in [0.2, 0.25) is 0 Å². The monoisotopic (exact) mass is 981 g/mol. The van der Waals surface area contributed by atoms with Gasteiger partial charge in [0.05, 0.1) is 35.6 Å². The molecule has 4 aromatic rings. The lowest BCUT2D eigenvalue weighted by molar-refractivity contribution is -0.147. The van der Waals surface area contributed by atoms with Gasteiger partial charge in [-0.15, -0.1) is 4.48 Å². The second-order valence-corrected chi connectivity index (χ2v) is 21.0. The predicted octanol–water partition coefficient (Wildman–Crippen LogP) is 6.82. The molecule has 384 valence electrons. The number of carbonyl (C=O) groups is 5. The smallest absolute Gasteiger partial charge is 0.305 e. The Bertz CT molecular complexity index is 2610. The highest BCUT2D eigenvalue weighted by Gasteiger charge is 2.44. The van der Waals surface area contributed by atoms with Crippen LogP contribution >= 0.6 is 0 Å². The first-order valence-corrected chi connectivity index (χ1v) is 25.2. The maximum absolute atomic E-state index is 14.7. The molecular formula is C54H73FN8O8. The molecule has 7 rings (SSSR count). The maximum Gasteiger partial charge on any atom is 0.305 e. The molecule has 0 radical (unpaired) electrons. The molecule has 4 bridgehead atoms. The molecule has 17 heteroatoms. The van der Waals surface area contributed by atoms with Crippen molar-refractivity contribution in [1.29, 1.82) is 0 Å². The Labute approximate surface area is 416 Å². The highest BCUT2D eigenvalue weighted by Crippen LogP contribution is 2.42. The molecule has 0 aliphatic carbocycles. The molecule has 5 heterocycles. The van der Waals surface area contributed by atoms with Crippen LogP contribution in [-0.2, 0) is 52.8 Å². The number of aromatic hydroxyl groups is 1. The predicted molar refractivity (Wildman–Crippen MR) is 269 cm³/mol. The third-order valence-corrected chi connectivity index (χ3v) is 14.7. The third-order valence-electron chi connectivity index (χ3n) is 14.7. The van der Waals surface area contributed by atoms with Crippen molar-refractivity contribution in [2.45, 2.75) is 130 Å². The molecule has 16 nitrogen and oxygen atoms in total. The van der Waals surface area contributed by atoms with Crippen molar-refractivity contribution in [3.8, 4) is 28.1 Å². The molecular weight excluding hydrogens is 908 g/mol. The third kappa shape index (κ3) is 11.6. The number of rotatable bonds is 11. The first kappa shape index (κ1) is 52.9. The van der Waals surface area contributed by atoms with Crippen LogP contribution in [0.4, 0.5) is 4.48 Å². The van der Waals surface area contributed by atoms with E-state index in [1.54, 1.807) is 45.2 Å². The van der Waals surface area contributed by atoms with Gasteiger partial charge in [0.1, 0.15) is 17.8 Å². The van der Waals surface area contributed by atoms with Crippen LogP contribution < -0.4 is 16.3 Å². The lowest BCUT2D eigenvalue weighted by Gasteiger charge is -2.34. The summed E-state index contributed by atoms with van der Waals surface area (Å²) in [5.74, 6) is -3.16. The van der Waals surface area contributed by atoms with Gasteiger partial charge in [0.15, 0.2) is 0 Å². The van der Waals surface area contributed by atoms with E-state index in [4.69, 9.17) is 14.5 Å². The van der Waals surface area contributed by atoms with Crippen LogP contribution in [0.3, 0.4) is 0 Å². The standard InChI is InChI=1S/C54H73FN8O8/c1-10-62-44-18-17-36-29-41(44)42(48(62)40-15-13-21-56-46(40)34(4)70-9)30-53(5,6)32-71-45(65)16-11-12-23-63(59-55)51(68)43(27-35-25-38(36)28-39(64)26-35)58-49(66)47(33(2)3)60(8)50(67)37-19-24-61(31-37)52(69)54(7)20-14-22-57-54/h13,15,17-18,21,25-26,28-29,33-34,37,43,47,57,59,64H,10-12,14,16,19-20,22-24,27,30-32H2,1-9H3,(H,58,66)/t34-,37-,43-,47?,54-/m0/s1. The molecule has 71 heavy (non-hydrogen) atoms. The highest BCUT2D eigenvalue weighted by atomic mass is 19.2. The molecule has 3 aliphatic rings. The number of methoxy groups -OCH3 is 1. The Hall–Kier alpha value is -5.91. The summed E-state index contributed by atoms with van der Waals surface area (Å²) in [6, 6.07) is 12.7. The Morgan fingerprint density at radius 2 is 1.82 bits per heavy atom. The summed E-state index contributed by atoms with van der Waals surface area (Å²) >= 11 is 0. The average molecular weight is 981 g/mol. The Morgan fingerprint density at radius 1 is 1.04 bits per heavy atom. The van der Waals surface area contributed by atoms with E-state index in [2.05, 4.69) is 54.2 Å². The molecule has 2 saturated heterocycles. The minimum Gasteiger partial charge on any atom is -0.508 e. The number of fused-ring (bicyclic) bond motifs is 4. The molecule has 4 amide bonds. The number of hydrazine groups is 1. The van der Waals surface area contributed by atoms with Crippen molar-refractivity contribution in [2.24, 2.45) is 17.3 Å². The van der Waals surface area contributed by atoms with Gasteiger partial charge in [0.25, 0.3) is 5.91 Å². The molecule has 2 fully saturated rings. The molecule has 0 saturated carbocycles. The lowest BCUT2D eigenvalue weighted by atomic mass is 9.84. The molecule has 5 atom stereocenters. The number of phenols is 1. The summed E-state index contributed by atoms with van der Waals surface area (Å²) in [4.78, 5) is 77.9.